The molecule has 1 aliphatic heterocycles. The Morgan fingerprint density at radius 1 is 1.33 bits per heavy atom. The van der Waals surface area contributed by atoms with Gasteiger partial charge in [0.15, 0.2) is 28.4 Å². The number of rotatable bonds is 7. The van der Waals surface area contributed by atoms with Crippen molar-refractivity contribution in [2.24, 2.45) is 5.10 Å². The maximum atomic E-state index is 11.9. The summed E-state index contributed by atoms with van der Waals surface area (Å²) in [6.45, 7) is 1.82. The molecule has 0 aliphatic carbocycles. The molecule has 3 rings (SSSR count). The minimum Gasteiger partial charge on any atom is -0.493 e. The number of benzene rings is 1. The summed E-state index contributed by atoms with van der Waals surface area (Å²) in [6.07, 6.45) is 5.10. The molecular formula is C18H21ClN4O3S. The molecule has 1 aliphatic rings. The van der Waals surface area contributed by atoms with E-state index in [2.05, 4.69) is 20.4 Å². The van der Waals surface area contributed by atoms with Crippen molar-refractivity contribution in [3.8, 4) is 11.5 Å². The zero-order valence-electron chi connectivity index (χ0n) is 15.0. The predicted octanol–water partition coefficient (Wildman–Crippen LogP) is 3.32. The second kappa shape index (κ2) is 9.57. The fourth-order valence-electron chi connectivity index (χ4n) is 2.68. The van der Waals surface area contributed by atoms with Gasteiger partial charge in [0.05, 0.1) is 18.2 Å². The van der Waals surface area contributed by atoms with E-state index in [0.717, 1.165) is 18.2 Å². The van der Waals surface area contributed by atoms with Gasteiger partial charge in [0, 0.05) is 13.1 Å². The standard InChI is InChI=1S/C18H21ClN4O3S/c1-25-13-7-3-4-8-14(13)26-12-16(24)22-20-11-15-17(19)21-18(27-15)23-9-5-2-6-10-23/h3-4,7-8,11H,2,5-6,9-10,12H2,1H3,(H,22,24)/b20-11-. The Kier molecular flexibility index (Phi) is 6.89. The van der Waals surface area contributed by atoms with Gasteiger partial charge < -0.3 is 14.4 Å². The Morgan fingerprint density at radius 3 is 2.81 bits per heavy atom. The lowest BCUT2D eigenvalue weighted by molar-refractivity contribution is -0.123. The predicted molar refractivity (Wildman–Crippen MR) is 107 cm³/mol. The van der Waals surface area contributed by atoms with Crippen LogP contribution >= 0.6 is 22.9 Å². The number of carbonyl (C=O) groups is 1. The van der Waals surface area contributed by atoms with Crippen LogP contribution in [0, 0.1) is 0 Å². The third kappa shape index (κ3) is 5.33. The van der Waals surface area contributed by atoms with Crippen molar-refractivity contribution in [2.75, 3.05) is 31.7 Å². The number of ether oxygens (including phenoxy) is 2. The van der Waals surface area contributed by atoms with Crippen molar-refractivity contribution in [1.82, 2.24) is 10.4 Å². The van der Waals surface area contributed by atoms with Crippen LogP contribution in [0.4, 0.5) is 5.13 Å². The first-order valence-corrected chi connectivity index (χ1v) is 9.86. The maximum absolute atomic E-state index is 11.9. The number of nitrogens with one attached hydrogen (secondary N) is 1. The van der Waals surface area contributed by atoms with E-state index in [4.69, 9.17) is 21.1 Å². The molecule has 0 saturated carbocycles. The van der Waals surface area contributed by atoms with Crippen LogP contribution in [0.1, 0.15) is 24.1 Å². The first-order valence-electron chi connectivity index (χ1n) is 8.66. The lowest BCUT2D eigenvalue weighted by Gasteiger charge is -2.25. The van der Waals surface area contributed by atoms with E-state index in [-0.39, 0.29) is 12.5 Å². The molecule has 1 aromatic carbocycles. The second-order valence-electron chi connectivity index (χ2n) is 5.93. The van der Waals surface area contributed by atoms with E-state index in [1.807, 2.05) is 6.07 Å². The van der Waals surface area contributed by atoms with Gasteiger partial charge in [0.2, 0.25) is 0 Å². The number of thiazole rings is 1. The Balaban J connectivity index is 1.51. The van der Waals surface area contributed by atoms with Crippen LogP contribution in [0.3, 0.4) is 0 Å². The van der Waals surface area contributed by atoms with E-state index in [1.54, 1.807) is 25.3 Å². The third-order valence-electron chi connectivity index (χ3n) is 4.02. The number of hydrogen-bond acceptors (Lipinski definition) is 7. The van der Waals surface area contributed by atoms with Gasteiger partial charge in [-0.3, -0.25) is 4.79 Å². The molecule has 7 nitrogen and oxygen atoms in total. The highest BCUT2D eigenvalue weighted by Gasteiger charge is 2.16. The number of carbonyl (C=O) groups excluding carboxylic acids is 1. The van der Waals surface area contributed by atoms with Gasteiger partial charge >= 0.3 is 0 Å². The minimum atomic E-state index is -0.381. The quantitative estimate of drug-likeness (QED) is 0.561. The number of piperidine rings is 1. The molecule has 1 amide bonds. The number of amides is 1. The van der Waals surface area contributed by atoms with Crippen molar-refractivity contribution in [3.63, 3.8) is 0 Å². The number of halogens is 1. The molecule has 2 aromatic rings. The smallest absolute Gasteiger partial charge is 0.277 e. The molecule has 0 bridgehead atoms. The Labute approximate surface area is 166 Å². The molecule has 0 spiro atoms. The van der Waals surface area contributed by atoms with E-state index >= 15 is 0 Å². The van der Waals surface area contributed by atoms with Crippen molar-refractivity contribution >= 4 is 40.2 Å². The van der Waals surface area contributed by atoms with Gasteiger partial charge in [-0.25, -0.2) is 10.4 Å². The molecule has 0 atom stereocenters. The maximum Gasteiger partial charge on any atom is 0.277 e. The van der Waals surface area contributed by atoms with Crippen LogP contribution in [0.25, 0.3) is 0 Å². The zero-order valence-corrected chi connectivity index (χ0v) is 16.6. The van der Waals surface area contributed by atoms with Crippen molar-refractivity contribution in [3.05, 3.63) is 34.3 Å². The SMILES string of the molecule is COc1ccccc1OCC(=O)N/N=C\c1sc(N2CCCCC2)nc1Cl. The second-order valence-corrected chi connectivity index (χ2v) is 7.30. The number of hydrogen-bond donors (Lipinski definition) is 1. The molecule has 1 N–H and O–H groups in total. The highest BCUT2D eigenvalue weighted by atomic mass is 35.5. The van der Waals surface area contributed by atoms with E-state index < -0.39 is 0 Å². The molecule has 1 fully saturated rings. The summed E-state index contributed by atoms with van der Waals surface area (Å²) in [5.41, 5.74) is 2.43. The summed E-state index contributed by atoms with van der Waals surface area (Å²) in [5, 5.41) is 5.24. The lowest BCUT2D eigenvalue weighted by atomic mass is 10.1. The van der Waals surface area contributed by atoms with Gasteiger partial charge in [-0.1, -0.05) is 35.1 Å². The molecule has 144 valence electrons. The normalized spacial score (nSPS) is 14.4. The Morgan fingerprint density at radius 2 is 2.07 bits per heavy atom. The highest BCUT2D eigenvalue weighted by Crippen LogP contribution is 2.30. The largest absolute Gasteiger partial charge is 0.493 e. The zero-order chi connectivity index (χ0) is 19.1. The number of hydrazone groups is 1. The van der Waals surface area contributed by atoms with Crippen molar-refractivity contribution < 1.29 is 14.3 Å². The number of aromatic nitrogens is 1. The van der Waals surface area contributed by atoms with E-state index in [9.17, 15) is 4.79 Å². The number of anilines is 1. The number of nitrogens with zero attached hydrogens (tertiary/aromatic N) is 3. The number of para-hydroxylation sites is 2. The van der Waals surface area contributed by atoms with Crippen molar-refractivity contribution in [2.45, 2.75) is 19.3 Å². The summed E-state index contributed by atoms with van der Waals surface area (Å²) in [5.74, 6) is 0.681. The van der Waals surface area contributed by atoms with Gasteiger partial charge in [0.25, 0.3) is 5.91 Å². The average molecular weight is 409 g/mol. The van der Waals surface area contributed by atoms with Crippen molar-refractivity contribution in [1.29, 1.82) is 0 Å². The van der Waals surface area contributed by atoms with Crippen LogP contribution in [-0.2, 0) is 4.79 Å². The van der Waals surface area contributed by atoms with Gasteiger partial charge in [-0.2, -0.15) is 5.10 Å². The summed E-state index contributed by atoms with van der Waals surface area (Å²) in [7, 11) is 1.55. The van der Waals surface area contributed by atoms with Crippen LogP contribution in [-0.4, -0.2) is 43.9 Å². The van der Waals surface area contributed by atoms with Crippen LogP contribution in [0.5, 0.6) is 11.5 Å². The first kappa shape index (κ1) is 19.4. The Bertz CT molecular complexity index is 806. The fraction of sp³-hybridized carbons (Fsp3) is 0.389. The molecule has 9 heteroatoms. The van der Waals surface area contributed by atoms with E-state index in [0.29, 0.717) is 21.5 Å². The lowest BCUT2D eigenvalue weighted by Crippen LogP contribution is -2.29. The monoisotopic (exact) mass is 408 g/mol. The fourth-order valence-corrected chi connectivity index (χ4v) is 3.85. The number of methoxy groups -OCH3 is 1. The summed E-state index contributed by atoms with van der Waals surface area (Å²) >= 11 is 7.65. The van der Waals surface area contributed by atoms with Gasteiger partial charge in [-0.05, 0) is 31.4 Å². The highest BCUT2D eigenvalue weighted by molar-refractivity contribution is 7.17. The molecule has 1 aromatic heterocycles. The minimum absolute atomic E-state index is 0.173. The molecule has 27 heavy (non-hydrogen) atoms. The molecule has 0 radical (unpaired) electrons. The molecule has 0 unspecified atom stereocenters. The van der Waals surface area contributed by atoms with Gasteiger partial charge in [-0.15, -0.1) is 0 Å². The van der Waals surface area contributed by atoms with Crippen LogP contribution in [0.15, 0.2) is 29.4 Å². The molecule has 1 saturated heterocycles. The van der Waals surface area contributed by atoms with Crippen LogP contribution in [0.2, 0.25) is 5.15 Å². The van der Waals surface area contributed by atoms with Gasteiger partial charge in [0.1, 0.15) is 0 Å². The summed E-state index contributed by atoms with van der Waals surface area (Å²) in [4.78, 5) is 19.2. The average Bonchev–Trinajstić information content (AvgIpc) is 3.08. The van der Waals surface area contributed by atoms with Crippen LogP contribution < -0.4 is 19.8 Å². The summed E-state index contributed by atoms with van der Waals surface area (Å²) in [6, 6.07) is 7.12. The first-order chi connectivity index (χ1) is 13.2. The third-order valence-corrected chi connectivity index (χ3v) is 5.47. The topological polar surface area (TPSA) is 76.1 Å². The Hall–Kier alpha value is -2.32. The molecule has 2 heterocycles. The molecular weight excluding hydrogens is 388 g/mol. The summed E-state index contributed by atoms with van der Waals surface area (Å²) < 4.78 is 10.6. The van der Waals surface area contributed by atoms with E-state index in [1.165, 1.54) is 36.8 Å².